The van der Waals surface area contributed by atoms with Gasteiger partial charge in [-0.1, -0.05) is 83.9 Å². The molecular formula is C30H32BrN3O2. The lowest BCUT2D eigenvalue weighted by Gasteiger charge is -2.25. The van der Waals surface area contributed by atoms with Crippen molar-refractivity contribution in [3.05, 3.63) is 99.8 Å². The SMILES string of the molecule is CCCCn1c(CN(Cc2ccc3c(c2)OCO3)Cc2cccc(C)c2Br)cnc1-c1ccccc1. The average Bonchev–Trinajstić information content (AvgIpc) is 3.52. The molecule has 1 aliphatic rings. The van der Waals surface area contributed by atoms with Crippen molar-refractivity contribution in [3.63, 3.8) is 0 Å². The lowest BCUT2D eigenvalue weighted by atomic mass is 10.1. The van der Waals surface area contributed by atoms with E-state index < -0.39 is 0 Å². The van der Waals surface area contributed by atoms with Crippen molar-refractivity contribution in [2.45, 2.75) is 52.9 Å². The molecule has 0 radical (unpaired) electrons. The molecule has 3 aromatic carbocycles. The summed E-state index contributed by atoms with van der Waals surface area (Å²) in [4.78, 5) is 7.35. The molecule has 0 bridgehead atoms. The van der Waals surface area contributed by atoms with Crippen LogP contribution >= 0.6 is 15.9 Å². The first kappa shape index (κ1) is 24.6. The molecule has 36 heavy (non-hydrogen) atoms. The van der Waals surface area contributed by atoms with Crippen LogP contribution in [0.25, 0.3) is 11.4 Å². The first-order chi connectivity index (χ1) is 17.6. The van der Waals surface area contributed by atoms with Gasteiger partial charge in [-0.25, -0.2) is 4.98 Å². The van der Waals surface area contributed by atoms with Crippen molar-refractivity contribution in [1.29, 1.82) is 0 Å². The van der Waals surface area contributed by atoms with Crippen molar-refractivity contribution in [2.75, 3.05) is 6.79 Å². The maximum atomic E-state index is 5.65. The van der Waals surface area contributed by atoms with Crippen LogP contribution in [-0.4, -0.2) is 21.2 Å². The van der Waals surface area contributed by atoms with E-state index in [2.05, 4.69) is 106 Å². The van der Waals surface area contributed by atoms with Gasteiger partial charge in [0.05, 0.1) is 11.9 Å². The number of hydrogen-bond acceptors (Lipinski definition) is 4. The van der Waals surface area contributed by atoms with Crippen LogP contribution in [0.15, 0.2) is 77.4 Å². The highest BCUT2D eigenvalue weighted by atomic mass is 79.9. The number of benzene rings is 3. The van der Waals surface area contributed by atoms with Gasteiger partial charge in [0.1, 0.15) is 5.82 Å². The van der Waals surface area contributed by atoms with Crippen molar-refractivity contribution >= 4 is 15.9 Å². The first-order valence-electron chi connectivity index (χ1n) is 12.6. The van der Waals surface area contributed by atoms with Gasteiger partial charge in [0, 0.05) is 36.2 Å². The average molecular weight is 547 g/mol. The smallest absolute Gasteiger partial charge is 0.231 e. The van der Waals surface area contributed by atoms with Crippen molar-refractivity contribution in [2.24, 2.45) is 0 Å². The summed E-state index contributed by atoms with van der Waals surface area (Å²) in [6, 6.07) is 23.2. The molecule has 0 saturated carbocycles. The molecule has 1 aromatic heterocycles. The maximum absolute atomic E-state index is 5.65. The van der Waals surface area contributed by atoms with Crippen molar-refractivity contribution in [3.8, 4) is 22.9 Å². The summed E-state index contributed by atoms with van der Waals surface area (Å²) >= 11 is 3.82. The van der Waals surface area contributed by atoms with Crippen LogP contribution in [0.4, 0.5) is 0 Å². The molecule has 2 heterocycles. The number of unbranched alkanes of at least 4 members (excludes halogenated alkanes) is 1. The third-order valence-corrected chi connectivity index (χ3v) is 7.73. The summed E-state index contributed by atoms with van der Waals surface area (Å²) in [5.41, 5.74) is 6.11. The highest BCUT2D eigenvalue weighted by Gasteiger charge is 2.19. The first-order valence-corrected chi connectivity index (χ1v) is 13.4. The largest absolute Gasteiger partial charge is 0.454 e. The molecule has 6 heteroatoms. The number of imidazole rings is 1. The molecule has 5 rings (SSSR count). The standard InChI is InChI=1S/C30H32BrN3O2/c1-3-4-15-34-26(17-32-30(34)24-10-6-5-7-11-24)20-33(19-25-12-8-9-22(2)29(25)31)18-23-13-14-27-28(16-23)36-21-35-27/h5-14,16-17H,3-4,15,18-21H2,1-2H3. The highest BCUT2D eigenvalue weighted by Crippen LogP contribution is 2.33. The molecule has 1 aliphatic heterocycles. The summed E-state index contributed by atoms with van der Waals surface area (Å²) in [6.07, 6.45) is 4.31. The summed E-state index contributed by atoms with van der Waals surface area (Å²) < 4.78 is 14.7. The monoisotopic (exact) mass is 545 g/mol. The second-order valence-corrected chi connectivity index (χ2v) is 10.1. The van der Waals surface area contributed by atoms with Gasteiger partial charge in [-0.15, -0.1) is 0 Å². The van der Waals surface area contributed by atoms with Crippen LogP contribution in [0, 0.1) is 6.92 Å². The van der Waals surface area contributed by atoms with E-state index in [0.29, 0.717) is 0 Å². The Hall–Kier alpha value is -3.09. The van der Waals surface area contributed by atoms with E-state index in [0.717, 1.165) is 61.9 Å². The van der Waals surface area contributed by atoms with Crippen molar-refractivity contribution in [1.82, 2.24) is 14.5 Å². The minimum Gasteiger partial charge on any atom is -0.454 e. The third kappa shape index (κ3) is 5.50. The fraction of sp³-hybridized carbons (Fsp3) is 0.300. The molecular weight excluding hydrogens is 514 g/mol. The third-order valence-electron chi connectivity index (χ3n) is 6.60. The molecule has 0 amide bonds. The van der Waals surface area contributed by atoms with Gasteiger partial charge in [-0.3, -0.25) is 4.90 Å². The second-order valence-electron chi connectivity index (χ2n) is 9.33. The Bertz CT molecular complexity index is 1320. The van der Waals surface area contributed by atoms with Crippen molar-refractivity contribution < 1.29 is 9.47 Å². The lowest BCUT2D eigenvalue weighted by molar-refractivity contribution is 0.174. The van der Waals surface area contributed by atoms with E-state index in [1.807, 2.05) is 6.07 Å². The van der Waals surface area contributed by atoms with Gasteiger partial charge in [-0.2, -0.15) is 0 Å². The molecule has 0 spiro atoms. The Morgan fingerprint density at radius 1 is 0.944 bits per heavy atom. The normalized spacial score (nSPS) is 12.4. The fourth-order valence-corrected chi connectivity index (χ4v) is 5.08. The quantitative estimate of drug-likeness (QED) is 0.209. The number of aryl methyl sites for hydroxylation is 1. The number of aromatic nitrogens is 2. The summed E-state index contributed by atoms with van der Waals surface area (Å²) in [7, 11) is 0. The summed E-state index contributed by atoms with van der Waals surface area (Å²) in [5.74, 6) is 2.68. The Balaban J connectivity index is 1.47. The van der Waals surface area contributed by atoms with Crippen LogP contribution in [0.3, 0.4) is 0 Å². The van der Waals surface area contributed by atoms with Crippen LogP contribution in [-0.2, 0) is 26.2 Å². The Labute approximate surface area is 221 Å². The summed E-state index contributed by atoms with van der Waals surface area (Å²) in [5, 5.41) is 0. The van der Waals surface area contributed by atoms with Gasteiger partial charge in [-0.05, 0) is 42.2 Å². The van der Waals surface area contributed by atoms with E-state index in [4.69, 9.17) is 14.5 Å². The molecule has 4 aromatic rings. The maximum Gasteiger partial charge on any atom is 0.231 e. The molecule has 0 aliphatic carbocycles. The van der Waals surface area contributed by atoms with E-state index in [9.17, 15) is 0 Å². The fourth-order valence-electron chi connectivity index (χ4n) is 4.69. The van der Waals surface area contributed by atoms with Gasteiger partial charge in [0.15, 0.2) is 11.5 Å². The Morgan fingerprint density at radius 2 is 1.78 bits per heavy atom. The van der Waals surface area contributed by atoms with Crippen LogP contribution in [0.5, 0.6) is 11.5 Å². The zero-order valence-electron chi connectivity index (χ0n) is 20.9. The number of hydrogen-bond donors (Lipinski definition) is 0. The van der Waals surface area contributed by atoms with Gasteiger partial charge in [0.2, 0.25) is 6.79 Å². The van der Waals surface area contributed by atoms with E-state index in [1.54, 1.807) is 0 Å². The molecule has 0 atom stereocenters. The number of fused-ring (bicyclic) bond motifs is 1. The predicted octanol–water partition coefficient (Wildman–Crippen LogP) is 7.35. The lowest BCUT2D eigenvalue weighted by Crippen LogP contribution is -2.24. The molecule has 0 saturated heterocycles. The molecule has 0 fully saturated rings. The molecule has 0 N–H and O–H groups in total. The zero-order chi connectivity index (χ0) is 24.9. The zero-order valence-corrected chi connectivity index (χ0v) is 22.5. The second kappa shape index (κ2) is 11.3. The Kier molecular flexibility index (Phi) is 7.73. The number of ether oxygens (including phenoxy) is 2. The van der Waals surface area contributed by atoms with E-state index in [1.165, 1.54) is 26.9 Å². The van der Waals surface area contributed by atoms with Crippen LogP contribution in [0.1, 0.15) is 42.1 Å². The highest BCUT2D eigenvalue weighted by molar-refractivity contribution is 9.10. The topological polar surface area (TPSA) is 39.5 Å². The Morgan fingerprint density at radius 3 is 2.61 bits per heavy atom. The van der Waals surface area contributed by atoms with Crippen LogP contribution in [0.2, 0.25) is 0 Å². The minimum atomic E-state index is 0.289. The molecule has 186 valence electrons. The van der Waals surface area contributed by atoms with Gasteiger partial charge < -0.3 is 14.0 Å². The number of rotatable bonds is 10. The number of nitrogens with zero attached hydrogens (tertiary/aromatic N) is 3. The molecule has 0 unspecified atom stereocenters. The summed E-state index contributed by atoms with van der Waals surface area (Å²) in [6.45, 7) is 8.02. The predicted molar refractivity (Wildman–Crippen MR) is 147 cm³/mol. The van der Waals surface area contributed by atoms with E-state index >= 15 is 0 Å². The van der Waals surface area contributed by atoms with Crippen LogP contribution < -0.4 is 9.47 Å². The van der Waals surface area contributed by atoms with Gasteiger partial charge >= 0.3 is 0 Å². The number of halogens is 1. The van der Waals surface area contributed by atoms with Gasteiger partial charge in [0.25, 0.3) is 0 Å². The minimum absolute atomic E-state index is 0.289. The van der Waals surface area contributed by atoms with E-state index in [-0.39, 0.29) is 6.79 Å². The molecule has 5 nitrogen and oxygen atoms in total.